The number of rotatable bonds is 5. The molecule has 27 heavy (non-hydrogen) atoms. The summed E-state index contributed by atoms with van der Waals surface area (Å²) >= 11 is 0. The lowest BCUT2D eigenvalue weighted by Gasteiger charge is -2.21. The van der Waals surface area contributed by atoms with Crippen LogP contribution in [0.3, 0.4) is 0 Å². The van der Waals surface area contributed by atoms with E-state index in [9.17, 15) is 9.59 Å². The van der Waals surface area contributed by atoms with Crippen molar-refractivity contribution < 1.29 is 9.59 Å². The van der Waals surface area contributed by atoms with Gasteiger partial charge in [0.15, 0.2) is 12.1 Å². The summed E-state index contributed by atoms with van der Waals surface area (Å²) in [4.78, 5) is 27.0. The van der Waals surface area contributed by atoms with Gasteiger partial charge in [0, 0.05) is 0 Å². The van der Waals surface area contributed by atoms with Crippen molar-refractivity contribution in [3.63, 3.8) is 0 Å². The number of aryl methyl sites for hydroxylation is 2. The molecular weight excluding hydrogens is 340 g/mol. The van der Waals surface area contributed by atoms with Gasteiger partial charge in [-0.1, -0.05) is 55.5 Å². The molecule has 0 unspecified atom stereocenters. The van der Waals surface area contributed by atoms with Crippen molar-refractivity contribution in [2.24, 2.45) is 10.3 Å². The molecule has 4 rings (SSSR count). The van der Waals surface area contributed by atoms with E-state index < -0.39 is 12.1 Å². The minimum atomic E-state index is -0.752. The molecule has 0 spiro atoms. The fraction of sp³-hybridized carbons (Fsp3) is 0.333. The van der Waals surface area contributed by atoms with E-state index in [0.717, 1.165) is 24.0 Å². The summed E-state index contributed by atoms with van der Waals surface area (Å²) in [7, 11) is 0. The van der Waals surface area contributed by atoms with E-state index in [0.29, 0.717) is 12.2 Å². The molecule has 0 bridgehead atoms. The van der Waals surface area contributed by atoms with Gasteiger partial charge in [0.1, 0.15) is 0 Å². The smallest absolute Gasteiger partial charge is 0.263 e. The quantitative estimate of drug-likeness (QED) is 0.767. The highest BCUT2D eigenvalue weighted by Crippen LogP contribution is 2.32. The second kappa shape index (κ2) is 6.95. The van der Waals surface area contributed by atoms with Gasteiger partial charge >= 0.3 is 0 Å². The molecule has 2 aromatic rings. The van der Waals surface area contributed by atoms with Crippen molar-refractivity contribution in [1.29, 1.82) is 0 Å². The first-order chi connectivity index (χ1) is 13.1. The molecule has 1 saturated heterocycles. The highest BCUT2D eigenvalue weighted by atomic mass is 16.2. The first-order valence-electron chi connectivity index (χ1n) is 9.34. The number of nitrogens with zero attached hydrogens (tertiary/aromatic N) is 4. The fourth-order valence-corrected chi connectivity index (χ4v) is 3.56. The zero-order valence-corrected chi connectivity index (χ0v) is 15.5. The van der Waals surface area contributed by atoms with Crippen LogP contribution >= 0.6 is 0 Å². The monoisotopic (exact) mass is 362 g/mol. The van der Waals surface area contributed by atoms with Crippen LogP contribution in [0, 0.1) is 0 Å². The zero-order chi connectivity index (χ0) is 19.0. The number of hydrogen-bond donors (Lipinski definition) is 0. The minimum absolute atomic E-state index is 0.260. The Kier molecular flexibility index (Phi) is 4.48. The maximum Gasteiger partial charge on any atom is 0.263 e. The molecule has 0 saturated carbocycles. The predicted molar refractivity (Wildman–Crippen MR) is 102 cm³/mol. The molecule has 2 aromatic carbocycles. The van der Waals surface area contributed by atoms with Crippen LogP contribution in [0.5, 0.6) is 0 Å². The highest BCUT2D eigenvalue weighted by Gasteiger charge is 2.54. The Morgan fingerprint density at radius 3 is 1.96 bits per heavy atom. The molecule has 138 valence electrons. The molecule has 0 aliphatic carbocycles. The van der Waals surface area contributed by atoms with E-state index in [1.54, 1.807) is 5.01 Å². The number of imide groups is 1. The third-order valence-electron chi connectivity index (χ3n) is 5.24. The van der Waals surface area contributed by atoms with Crippen molar-refractivity contribution in [3.05, 3.63) is 65.2 Å². The number of amides is 2. The Bertz CT molecular complexity index is 889. The largest absolute Gasteiger partial charge is 0.271 e. The summed E-state index contributed by atoms with van der Waals surface area (Å²) in [6, 6.07) is 14.3. The number of benzene rings is 2. The van der Waals surface area contributed by atoms with Crippen LogP contribution in [0.4, 0.5) is 5.69 Å². The van der Waals surface area contributed by atoms with Gasteiger partial charge in [-0.05, 0) is 41.7 Å². The molecule has 2 aliphatic rings. The van der Waals surface area contributed by atoms with Crippen LogP contribution in [0.25, 0.3) is 0 Å². The first-order valence-corrected chi connectivity index (χ1v) is 9.34. The van der Waals surface area contributed by atoms with Crippen LogP contribution in [0.2, 0.25) is 0 Å². The van der Waals surface area contributed by atoms with E-state index >= 15 is 0 Å². The average molecular weight is 362 g/mol. The summed E-state index contributed by atoms with van der Waals surface area (Å²) in [5.41, 5.74) is 4.06. The molecule has 2 aliphatic heterocycles. The summed E-state index contributed by atoms with van der Waals surface area (Å²) in [6.45, 7) is 4.63. The molecule has 0 N–H and O–H groups in total. The topological polar surface area (TPSA) is 65.3 Å². The summed E-state index contributed by atoms with van der Waals surface area (Å²) < 4.78 is 0. The van der Waals surface area contributed by atoms with Gasteiger partial charge < -0.3 is 0 Å². The van der Waals surface area contributed by atoms with Crippen LogP contribution < -0.4 is 4.90 Å². The third kappa shape index (κ3) is 3.01. The lowest BCUT2D eigenvalue weighted by molar-refractivity contribution is -0.123. The van der Waals surface area contributed by atoms with Gasteiger partial charge in [0.2, 0.25) is 0 Å². The number of fused-ring (bicyclic) bond motifs is 1. The van der Waals surface area contributed by atoms with E-state index in [1.165, 1.54) is 10.5 Å². The Balaban J connectivity index is 1.55. The lowest BCUT2D eigenvalue weighted by Crippen LogP contribution is -2.39. The number of hydrogen-bond acceptors (Lipinski definition) is 5. The molecule has 2 atom stereocenters. The highest BCUT2D eigenvalue weighted by molar-refractivity contribution is 6.25. The van der Waals surface area contributed by atoms with E-state index in [2.05, 4.69) is 36.3 Å². The molecule has 0 radical (unpaired) electrons. The van der Waals surface area contributed by atoms with Gasteiger partial charge in [-0.2, -0.15) is 5.11 Å². The van der Waals surface area contributed by atoms with Crippen molar-refractivity contribution >= 4 is 17.5 Å². The number of anilines is 1. The Morgan fingerprint density at radius 1 is 0.815 bits per heavy atom. The number of carbonyl (C=O) groups is 2. The lowest BCUT2D eigenvalue weighted by atomic mass is 10.1. The standard InChI is InChI=1S/C21H22N4O2/c1-3-14-5-7-16(8-6-14)13-24-19-18(22-23-24)20(26)25(21(19)27)17-11-9-15(4-2)10-12-17/h5-12,18-19H,3-4,13H2,1-2H3/t18-,19-/m0/s1. The van der Waals surface area contributed by atoms with Crippen molar-refractivity contribution in [1.82, 2.24) is 5.01 Å². The Labute approximate surface area is 158 Å². The van der Waals surface area contributed by atoms with Gasteiger partial charge in [0.25, 0.3) is 11.8 Å². The molecule has 1 fully saturated rings. The Hall–Kier alpha value is -3.02. The van der Waals surface area contributed by atoms with Gasteiger partial charge in [-0.3, -0.25) is 14.6 Å². The Morgan fingerprint density at radius 2 is 1.37 bits per heavy atom. The maximum absolute atomic E-state index is 13.0. The average Bonchev–Trinajstić information content (AvgIpc) is 3.22. The second-order valence-electron chi connectivity index (χ2n) is 6.89. The SMILES string of the molecule is CCc1ccc(CN2N=N[C@@H]3C(=O)N(c4ccc(CC)cc4)C(=O)[C@H]32)cc1. The molecule has 0 aromatic heterocycles. The molecular formula is C21H22N4O2. The van der Waals surface area contributed by atoms with Crippen LogP contribution in [0.15, 0.2) is 58.9 Å². The molecule has 2 heterocycles. The minimum Gasteiger partial charge on any atom is -0.271 e. The van der Waals surface area contributed by atoms with Gasteiger partial charge in [-0.25, -0.2) is 4.90 Å². The number of carbonyl (C=O) groups excluding carboxylic acids is 2. The maximum atomic E-state index is 13.0. The summed E-state index contributed by atoms with van der Waals surface area (Å²) in [5, 5.41) is 9.82. The van der Waals surface area contributed by atoms with Crippen molar-refractivity contribution in [2.45, 2.75) is 45.3 Å². The molecule has 2 amide bonds. The second-order valence-corrected chi connectivity index (χ2v) is 6.89. The van der Waals surface area contributed by atoms with E-state index in [4.69, 9.17) is 0 Å². The predicted octanol–water partition coefficient (Wildman–Crippen LogP) is 3.30. The first kappa shape index (κ1) is 17.4. The van der Waals surface area contributed by atoms with Gasteiger partial charge in [-0.15, -0.1) is 0 Å². The van der Waals surface area contributed by atoms with Crippen LogP contribution in [-0.2, 0) is 29.0 Å². The van der Waals surface area contributed by atoms with E-state index in [1.807, 2.05) is 36.4 Å². The molecule has 6 nitrogen and oxygen atoms in total. The van der Waals surface area contributed by atoms with Crippen LogP contribution in [0.1, 0.15) is 30.5 Å². The fourth-order valence-electron chi connectivity index (χ4n) is 3.56. The summed E-state index contributed by atoms with van der Waals surface area (Å²) in [6.07, 6.45) is 1.89. The zero-order valence-electron chi connectivity index (χ0n) is 15.5. The van der Waals surface area contributed by atoms with Crippen molar-refractivity contribution in [3.8, 4) is 0 Å². The van der Waals surface area contributed by atoms with E-state index in [-0.39, 0.29) is 11.8 Å². The molecule has 6 heteroatoms. The normalized spacial score (nSPS) is 21.3. The van der Waals surface area contributed by atoms with Crippen molar-refractivity contribution in [2.75, 3.05) is 4.90 Å². The summed E-state index contributed by atoms with van der Waals surface area (Å²) in [5.74, 6) is -0.564. The van der Waals surface area contributed by atoms with Crippen LogP contribution in [-0.4, -0.2) is 28.9 Å². The van der Waals surface area contributed by atoms with Gasteiger partial charge in [0.05, 0.1) is 12.2 Å². The third-order valence-corrected chi connectivity index (χ3v) is 5.24.